The molecule has 0 unspecified atom stereocenters. The summed E-state index contributed by atoms with van der Waals surface area (Å²) in [6.45, 7) is 0. The maximum Gasteiger partial charge on any atom is 0.243 e. The highest BCUT2D eigenvalue weighted by Crippen LogP contribution is 2.25. The predicted octanol–water partition coefficient (Wildman–Crippen LogP) is 3.33. The van der Waals surface area contributed by atoms with Crippen LogP contribution in [-0.2, 0) is 38.4 Å². The lowest BCUT2D eigenvalue weighted by atomic mass is 10.00. The molecule has 1 fully saturated rings. The molecule has 228 valence electrons. The highest BCUT2D eigenvalue weighted by Gasteiger charge is 2.32. The molecule has 1 aliphatic carbocycles. The minimum atomic E-state index is -1.04. The topological polar surface area (TPSA) is 146 Å². The summed E-state index contributed by atoms with van der Waals surface area (Å²) in [4.78, 5) is 56.5. The molecule has 44 heavy (non-hydrogen) atoms. The average molecular weight is 594 g/mol. The first kappa shape index (κ1) is 30.5. The molecule has 0 bridgehead atoms. The van der Waals surface area contributed by atoms with Crippen LogP contribution in [0.4, 0.5) is 0 Å². The Morgan fingerprint density at radius 2 is 1.20 bits per heavy atom. The summed E-state index contributed by atoms with van der Waals surface area (Å²) >= 11 is 0. The van der Waals surface area contributed by atoms with Crippen LogP contribution in [0.1, 0.15) is 42.4 Å². The van der Waals surface area contributed by atoms with E-state index >= 15 is 0 Å². The zero-order valence-electron chi connectivity index (χ0n) is 24.6. The van der Waals surface area contributed by atoms with E-state index in [0.29, 0.717) is 0 Å². The Bertz CT molecular complexity index is 1580. The van der Waals surface area contributed by atoms with E-state index in [4.69, 9.17) is 5.73 Å². The number of H-pyrrole nitrogens is 1. The van der Waals surface area contributed by atoms with Gasteiger partial charge >= 0.3 is 0 Å². The quantitative estimate of drug-likeness (QED) is 0.162. The first-order chi connectivity index (χ1) is 21.4. The van der Waals surface area contributed by atoms with Gasteiger partial charge < -0.3 is 26.7 Å². The van der Waals surface area contributed by atoms with Crippen LogP contribution in [0.3, 0.4) is 0 Å². The van der Waals surface area contributed by atoms with Crippen LogP contribution in [0.5, 0.6) is 0 Å². The van der Waals surface area contributed by atoms with Crippen molar-refractivity contribution in [3.8, 4) is 0 Å². The molecule has 1 heterocycles. The number of rotatable bonds is 13. The highest BCUT2D eigenvalue weighted by molar-refractivity contribution is 5.95. The van der Waals surface area contributed by atoms with Crippen LogP contribution in [0.15, 0.2) is 91.1 Å². The third-order valence-corrected chi connectivity index (χ3v) is 8.32. The lowest BCUT2D eigenvalue weighted by Gasteiger charge is -2.25. The Labute approximate surface area is 257 Å². The van der Waals surface area contributed by atoms with Crippen LogP contribution < -0.4 is 21.7 Å². The van der Waals surface area contributed by atoms with Crippen LogP contribution in [0, 0.1) is 5.92 Å². The predicted molar refractivity (Wildman–Crippen MR) is 169 cm³/mol. The number of primary amides is 1. The number of carbonyl (C=O) groups is 4. The van der Waals surface area contributed by atoms with E-state index in [1.165, 1.54) is 0 Å². The lowest BCUT2D eigenvalue weighted by Crippen LogP contribution is -2.58. The van der Waals surface area contributed by atoms with Crippen LogP contribution in [0.25, 0.3) is 10.9 Å². The minimum absolute atomic E-state index is 0.124. The van der Waals surface area contributed by atoms with Crippen LogP contribution >= 0.6 is 0 Å². The zero-order valence-corrected chi connectivity index (χ0v) is 24.6. The molecule has 0 saturated heterocycles. The Hall–Kier alpha value is -4.92. The normalized spacial score (nSPS) is 15.3. The highest BCUT2D eigenvalue weighted by atomic mass is 16.2. The molecule has 1 aromatic heterocycles. The van der Waals surface area contributed by atoms with Crippen molar-refractivity contribution in [3.05, 3.63) is 108 Å². The van der Waals surface area contributed by atoms with Gasteiger partial charge in [-0.3, -0.25) is 19.2 Å². The second-order valence-electron chi connectivity index (χ2n) is 11.5. The minimum Gasteiger partial charge on any atom is -0.368 e. The van der Waals surface area contributed by atoms with Gasteiger partial charge in [0.2, 0.25) is 23.6 Å². The van der Waals surface area contributed by atoms with Crippen molar-refractivity contribution in [2.24, 2.45) is 11.7 Å². The molecule has 4 aromatic rings. The number of aromatic amines is 1. The smallest absolute Gasteiger partial charge is 0.243 e. The molecule has 6 N–H and O–H groups in total. The number of nitrogens with two attached hydrogens (primary N) is 1. The second-order valence-corrected chi connectivity index (χ2v) is 11.5. The van der Waals surface area contributed by atoms with E-state index in [1.54, 1.807) is 0 Å². The summed E-state index contributed by atoms with van der Waals surface area (Å²) < 4.78 is 0. The number of nitrogens with one attached hydrogen (secondary N) is 4. The fraction of sp³-hybridized carbons (Fsp3) is 0.314. The van der Waals surface area contributed by atoms with Gasteiger partial charge in [-0.25, -0.2) is 0 Å². The van der Waals surface area contributed by atoms with Gasteiger partial charge in [0.1, 0.15) is 18.1 Å². The van der Waals surface area contributed by atoms with Gasteiger partial charge in [0.15, 0.2) is 0 Å². The number of hydrogen-bond donors (Lipinski definition) is 5. The van der Waals surface area contributed by atoms with E-state index in [9.17, 15) is 19.2 Å². The van der Waals surface area contributed by atoms with Crippen molar-refractivity contribution in [2.45, 2.75) is 63.1 Å². The summed E-state index contributed by atoms with van der Waals surface area (Å²) in [7, 11) is 0. The van der Waals surface area contributed by atoms with Crippen molar-refractivity contribution >= 4 is 34.5 Å². The van der Waals surface area contributed by atoms with Crippen molar-refractivity contribution < 1.29 is 19.2 Å². The van der Waals surface area contributed by atoms with Crippen LogP contribution in [0.2, 0.25) is 0 Å². The largest absolute Gasteiger partial charge is 0.368 e. The number of benzene rings is 3. The number of fused-ring (bicyclic) bond motifs is 1. The Balaban J connectivity index is 1.39. The third kappa shape index (κ3) is 7.92. The standard InChI is InChI=1S/C35H39N5O4/c36-32(41)29(19-23-11-3-1-4-12-23)38-35(44)31(21-26-22-37-28-18-10-9-17-27(26)28)40-34(43)30(20-24-13-5-2-6-14-24)39-33(42)25-15-7-8-16-25/h1-6,9-14,17-18,22,25,29-31,37H,7-8,15-16,19-21H2,(H2,36,41)(H,38,44)(H,39,42)(H,40,43)/t29-,30-,31-/m1/s1. The summed E-state index contributed by atoms with van der Waals surface area (Å²) in [5.41, 5.74) is 9.15. The molecule has 3 aromatic carbocycles. The van der Waals surface area contributed by atoms with Gasteiger partial charge in [0.25, 0.3) is 0 Å². The molecule has 1 saturated carbocycles. The summed E-state index contributed by atoms with van der Waals surface area (Å²) in [5.74, 6) is -1.96. The molecule has 0 spiro atoms. The fourth-order valence-electron chi connectivity index (χ4n) is 5.88. The maximum absolute atomic E-state index is 13.9. The van der Waals surface area contributed by atoms with Crippen molar-refractivity contribution in [1.82, 2.24) is 20.9 Å². The summed E-state index contributed by atoms with van der Waals surface area (Å²) in [5, 5.41) is 9.58. The number of para-hydroxylation sites is 1. The van der Waals surface area contributed by atoms with E-state index in [1.807, 2.05) is 91.1 Å². The Morgan fingerprint density at radius 3 is 1.82 bits per heavy atom. The number of hydrogen-bond acceptors (Lipinski definition) is 4. The van der Waals surface area contributed by atoms with Crippen molar-refractivity contribution in [2.75, 3.05) is 0 Å². The van der Waals surface area contributed by atoms with E-state index in [-0.39, 0.29) is 31.1 Å². The van der Waals surface area contributed by atoms with Gasteiger partial charge in [-0.2, -0.15) is 0 Å². The third-order valence-electron chi connectivity index (χ3n) is 8.32. The SMILES string of the molecule is NC(=O)[C@@H](Cc1ccccc1)NC(=O)[C@@H](Cc1c[nH]c2ccccc12)NC(=O)[C@@H](Cc1ccccc1)NC(=O)C1CCCC1. The molecule has 0 radical (unpaired) electrons. The Morgan fingerprint density at radius 1 is 0.682 bits per heavy atom. The Kier molecular flexibility index (Phi) is 10.1. The van der Waals surface area contributed by atoms with Gasteiger partial charge in [-0.15, -0.1) is 0 Å². The molecule has 1 aliphatic rings. The lowest BCUT2D eigenvalue weighted by molar-refractivity contribution is -0.134. The molecule has 4 amide bonds. The molecular weight excluding hydrogens is 554 g/mol. The first-order valence-electron chi connectivity index (χ1n) is 15.2. The van der Waals surface area contributed by atoms with Crippen LogP contribution in [-0.4, -0.2) is 46.7 Å². The maximum atomic E-state index is 13.9. The van der Waals surface area contributed by atoms with Crippen molar-refractivity contribution in [1.29, 1.82) is 0 Å². The van der Waals surface area contributed by atoms with E-state index < -0.39 is 35.8 Å². The van der Waals surface area contributed by atoms with Gasteiger partial charge in [-0.1, -0.05) is 91.7 Å². The summed E-state index contributed by atoms with van der Waals surface area (Å²) in [6, 6.07) is 23.5. The first-order valence-corrected chi connectivity index (χ1v) is 15.2. The average Bonchev–Trinajstić information content (AvgIpc) is 3.72. The molecule has 9 nitrogen and oxygen atoms in total. The molecule has 5 rings (SSSR count). The number of carbonyl (C=O) groups excluding carboxylic acids is 4. The monoisotopic (exact) mass is 593 g/mol. The van der Waals surface area contributed by atoms with E-state index in [2.05, 4.69) is 20.9 Å². The fourth-order valence-corrected chi connectivity index (χ4v) is 5.88. The van der Waals surface area contributed by atoms with Gasteiger partial charge in [-0.05, 0) is 35.6 Å². The van der Waals surface area contributed by atoms with E-state index in [0.717, 1.165) is 53.3 Å². The van der Waals surface area contributed by atoms with Gasteiger partial charge in [0.05, 0.1) is 0 Å². The zero-order chi connectivity index (χ0) is 30.9. The molecular formula is C35H39N5O4. The van der Waals surface area contributed by atoms with Crippen molar-refractivity contribution in [3.63, 3.8) is 0 Å². The van der Waals surface area contributed by atoms with Gasteiger partial charge in [0, 0.05) is 42.3 Å². The number of amides is 4. The molecule has 9 heteroatoms. The molecule has 0 aliphatic heterocycles. The second kappa shape index (κ2) is 14.5. The number of aromatic nitrogens is 1. The molecule has 3 atom stereocenters. The summed E-state index contributed by atoms with van der Waals surface area (Å²) in [6.07, 6.45) is 6.03.